The van der Waals surface area contributed by atoms with E-state index in [4.69, 9.17) is 20.8 Å². The molecule has 0 unspecified atom stereocenters. The van der Waals surface area contributed by atoms with Crippen molar-refractivity contribution in [1.29, 1.82) is 0 Å². The van der Waals surface area contributed by atoms with Crippen molar-refractivity contribution in [3.63, 3.8) is 0 Å². The van der Waals surface area contributed by atoms with Gasteiger partial charge in [0, 0.05) is 41.0 Å². The highest BCUT2D eigenvalue weighted by atomic mass is 35.5. The minimum atomic E-state index is -0.656. The van der Waals surface area contributed by atoms with Gasteiger partial charge in [-0.25, -0.2) is 0 Å². The summed E-state index contributed by atoms with van der Waals surface area (Å²) in [5.41, 5.74) is 2.98. The van der Waals surface area contributed by atoms with Gasteiger partial charge in [-0.15, -0.1) is 0 Å². The lowest BCUT2D eigenvalue weighted by Crippen LogP contribution is -2.30. The number of nitrogens with one attached hydrogen (secondary N) is 1. The average molecular weight is 533 g/mol. The molecule has 9 heteroatoms. The van der Waals surface area contributed by atoms with E-state index in [9.17, 15) is 19.7 Å². The Bertz CT molecular complexity index is 1540. The van der Waals surface area contributed by atoms with Gasteiger partial charge in [0.25, 0.3) is 11.6 Å². The van der Waals surface area contributed by atoms with Crippen LogP contribution in [0.5, 0.6) is 5.75 Å². The van der Waals surface area contributed by atoms with Crippen molar-refractivity contribution < 1.29 is 23.7 Å². The van der Waals surface area contributed by atoms with Gasteiger partial charge >= 0.3 is 0 Å². The van der Waals surface area contributed by atoms with Gasteiger partial charge in [0.2, 0.25) is 0 Å². The summed E-state index contributed by atoms with van der Waals surface area (Å²) in [6.07, 6.45) is 4.73. The number of Topliss-reactive ketones (excluding diaryl/α,β-unsaturated/α-hetero) is 1. The van der Waals surface area contributed by atoms with Crippen LogP contribution in [0.1, 0.15) is 50.4 Å². The number of ether oxygens (including phenoxy) is 1. The molecule has 0 fully saturated rings. The van der Waals surface area contributed by atoms with Crippen LogP contribution in [0.15, 0.2) is 65.1 Å². The molecule has 38 heavy (non-hydrogen) atoms. The molecular weight excluding hydrogens is 508 g/mol. The summed E-state index contributed by atoms with van der Waals surface area (Å²) in [6, 6.07) is 16.8. The maximum absolute atomic E-state index is 12.9. The number of hydrogen-bond donors (Lipinski definition) is 1. The number of halogens is 1. The molecule has 0 saturated carbocycles. The van der Waals surface area contributed by atoms with E-state index in [2.05, 4.69) is 11.4 Å². The molecule has 0 saturated heterocycles. The van der Waals surface area contributed by atoms with E-state index >= 15 is 0 Å². The lowest BCUT2D eigenvalue weighted by molar-refractivity contribution is -0.384. The first-order chi connectivity index (χ1) is 18.4. The molecule has 0 bridgehead atoms. The van der Waals surface area contributed by atoms with Crippen LogP contribution in [0, 0.1) is 10.1 Å². The third-order valence-electron chi connectivity index (χ3n) is 6.71. The van der Waals surface area contributed by atoms with Gasteiger partial charge in [-0.3, -0.25) is 19.7 Å². The van der Waals surface area contributed by atoms with Gasteiger partial charge in [-0.1, -0.05) is 41.9 Å². The monoisotopic (exact) mass is 532 g/mol. The number of benzene rings is 3. The summed E-state index contributed by atoms with van der Waals surface area (Å²) in [4.78, 5) is 35.9. The number of fused-ring (bicyclic) bond motifs is 3. The molecule has 3 aromatic carbocycles. The van der Waals surface area contributed by atoms with E-state index in [-0.39, 0.29) is 22.8 Å². The summed E-state index contributed by atoms with van der Waals surface area (Å²) < 4.78 is 12.2. The van der Waals surface area contributed by atoms with Gasteiger partial charge in [-0.05, 0) is 49.1 Å². The highest BCUT2D eigenvalue weighted by Gasteiger charge is 2.21. The Kier molecular flexibility index (Phi) is 7.42. The van der Waals surface area contributed by atoms with Crippen LogP contribution in [0.3, 0.4) is 0 Å². The Morgan fingerprint density at radius 1 is 1.05 bits per heavy atom. The first-order valence-electron chi connectivity index (χ1n) is 12.4. The second-order valence-corrected chi connectivity index (χ2v) is 9.54. The number of carbonyl (C=O) groups is 2. The summed E-state index contributed by atoms with van der Waals surface area (Å²) in [6.45, 7) is 0.0236. The lowest BCUT2D eigenvalue weighted by Gasteiger charge is -2.11. The van der Waals surface area contributed by atoms with Gasteiger partial charge in [-0.2, -0.15) is 0 Å². The van der Waals surface area contributed by atoms with Crippen LogP contribution in [-0.4, -0.2) is 29.8 Å². The summed E-state index contributed by atoms with van der Waals surface area (Å²) in [5.74, 6) is 0.847. The minimum Gasteiger partial charge on any atom is -0.489 e. The summed E-state index contributed by atoms with van der Waals surface area (Å²) in [7, 11) is 0. The van der Waals surface area contributed by atoms with E-state index in [1.807, 2.05) is 24.3 Å². The average Bonchev–Trinajstić information content (AvgIpc) is 3.31. The standard InChI is InChI=1S/C29H25ClN2O6/c30-23-13-12-19(16-24(23)32(35)36)25(33)17-31-29(34)20-7-2-1-6-18(20)14-15-37-27-11-5-9-22-21-8-3-4-10-26(21)38-28(22)27/h1-2,5-7,9,11-13,16H,3-4,8,10,14-15,17H2,(H,31,34). The molecule has 1 aliphatic rings. The zero-order valence-corrected chi connectivity index (χ0v) is 21.3. The lowest BCUT2D eigenvalue weighted by atomic mass is 9.96. The van der Waals surface area contributed by atoms with E-state index in [0.29, 0.717) is 24.3 Å². The molecular formula is C29H25ClN2O6. The van der Waals surface area contributed by atoms with Gasteiger partial charge in [0.1, 0.15) is 10.8 Å². The quantitative estimate of drug-likeness (QED) is 0.158. The van der Waals surface area contributed by atoms with Crippen molar-refractivity contribution in [3.8, 4) is 5.75 Å². The van der Waals surface area contributed by atoms with Crippen molar-refractivity contribution in [2.24, 2.45) is 0 Å². The Labute approximate surface area is 223 Å². The second-order valence-electron chi connectivity index (χ2n) is 9.13. The zero-order chi connectivity index (χ0) is 26.6. The largest absolute Gasteiger partial charge is 0.489 e. The molecule has 8 nitrogen and oxygen atoms in total. The number of para-hydroxylation sites is 1. The fourth-order valence-corrected chi connectivity index (χ4v) is 4.97. The summed E-state index contributed by atoms with van der Waals surface area (Å²) in [5, 5.41) is 14.8. The number of nitro benzene ring substituents is 1. The van der Waals surface area contributed by atoms with E-state index in [1.54, 1.807) is 12.1 Å². The first-order valence-corrected chi connectivity index (χ1v) is 12.8. The topological polar surface area (TPSA) is 112 Å². The molecule has 1 amide bonds. The number of aryl methyl sites for hydroxylation is 2. The fourth-order valence-electron chi connectivity index (χ4n) is 4.79. The Balaban J connectivity index is 1.23. The van der Waals surface area contributed by atoms with Gasteiger partial charge < -0.3 is 14.5 Å². The van der Waals surface area contributed by atoms with E-state index in [0.717, 1.165) is 54.0 Å². The molecule has 0 aliphatic heterocycles. The molecule has 194 valence electrons. The SMILES string of the molecule is O=C(CNC(=O)c1ccccc1CCOc1cccc2c3c(oc12)CCCC3)c1ccc(Cl)c([N+](=O)[O-])c1. The van der Waals surface area contributed by atoms with Crippen LogP contribution in [0.4, 0.5) is 5.69 Å². The van der Waals surface area contributed by atoms with Crippen molar-refractivity contribution in [2.45, 2.75) is 32.1 Å². The molecule has 0 atom stereocenters. The molecule has 1 aliphatic carbocycles. The maximum Gasteiger partial charge on any atom is 0.288 e. The van der Waals surface area contributed by atoms with Crippen molar-refractivity contribution in [1.82, 2.24) is 5.32 Å². The Morgan fingerprint density at radius 2 is 1.87 bits per heavy atom. The number of nitrogens with zero attached hydrogens (tertiary/aromatic N) is 1. The highest BCUT2D eigenvalue weighted by Crippen LogP contribution is 2.36. The molecule has 5 rings (SSSR count). The number of carbonyl (C=O) groups excluding carboxylic acids is 2. The smallest absolute Gasteiger partial charge is 0.288 e. The third kappa shape index (κ3) is 5.26. The molecule has 1 heterocycles. The molecule has 4 aromatic rings. The van der Waals surface area contributed by atoms with Crippen molar-refractivity contribution >= 4 is 39.9 Å². The predicted molar refractivity (Wildman–Crippen MR) is 143 cm³/mol. The number of ketones is 1. The number of rotatable bonds is 9. The molecule has 1 aromatic heterocycles. The van der Waals surface area contributed by atoms with Crippen LogP contribution in [-0.2, 0) is 19.3 Å². The fraction of sp³-hybridized carbons (Fsp3) is 0.241. The minimum absolute atomic E-state index is 0.0605. The van der Waals surface area contributed by atoms with Crippen LogP contribution >= 0.6 is 11.6 Å². The molecule has 0 radical (unpaired) electrons. The summed E-state index contributed by atoms with van der Waals surface area (Å²) >= 11 is 5.82. The second kappa shape index (κ2) is 11.1. The Morgan fingerprint density at radius 3 is 2.71 bits per heavy atom. The van der Waals surface area contributed by atoms with Crippen LogP contribution in [0.2, 0.25) is 5.02 Å². The van der Waals surface area contributed by atoms with Crippen molar-refractivity contribution in [2.75, 3.05) is 13.2 Å². The number of hydrogen-bond acceptors (Lipinski definition) is 6. The van der Waals surface area contributed by atoms with Gasteiger partial charge in [0.05, 0.1) is 18.1 Å². The first kappa shape index (κ1) is 25.5. The highest BCUT2D eigenvalue weighted by molar-refractivity contribution is 6.32. The Hall–Kier alpha value is -4.17. The van der Waals surface area contributed by atoms with Crippen LogP contribution in [0.25, 0.3) is 11.0 Å². The number of nitro groups is 1. The zero-order valence-electron chi connectivity index (χ0n) is 20.5. The maximum atomic E-state index is 12.9. The third-order valence-corrected chi connectivity index (χ3v) is 7.03. The van der Waals surface area contributed by atoms with Gasteiger partial charge in [0.15, 0.2) is 17.1 Å². The number of amides is 1. The van der Waals surface area contributed by atoms with E-state index < -0.39 is 16.6 Å². The normalized spacial score (nSPS) is 12.7. The molecule has 1 N–H and O–H groups in total. The predicted octanol–water partition coefficient (Wildman–Crippen LogP) is 6.11. The molecule has 0 spiro atoms. The number of furan rings is 1. The van der Waals surface area contributed by atoms with Crippen molar-refractivity contribution in [3.05, 3.63) is 104 Å². The van der Waals surface area contributed by atoms with Crippen LogP contribution < -0.4 is 10.1 Å². The van der Waals surface area contributed by atoms with E-state index in [1.165, 1.54) is 17.7 Å².